The molecule has 0 aromatic heterocycles. The fourth-order valence-electron chi connectivity index (χ4n) is 4.22. The zero-order valence-corrected chi connectivity index (χ0v) is 23.9. The molecule has 0 saturated heterocycles. The number of ether oxygens (including phenoxy) is 2. The van der Waals surface area contributed by atoms with E-state index in [1.165, 1.54) is 51.4 Å². The maximum absolute atomic E-state index is 12.0. The number of hydrogen-bond acceptors (Lipinski definition) is 6. The molecule has 38 heavy (non-hydrogen) atoms. The minimum Gasteiger partial charge on any atom is -0.460 e. The summed E-state index contributed by atoms with van der Waals surface area (Å²) in [4.78, 5) is 47.9. The van der Waals surface area contributed by atoms with Crippen molar-refractivity contribution in [2.24, 2.45) is 0 Å². The van der Waals surface area contributed by atoms with Gasteiger partial charge in [-0.25, -0.2) is 0 Å². The second-order valence-electron chi connectivity index (χ2n) is 10.3. The zero-order chi connectivity index (χ0) is 27.8. The first-order valence-corrected chi connectivity index (χ1v) is 14.9. The molecule has 0 N–H and O–H groups in total. The first-order valence-electron chi connectivity index (χ1n) is 14.9. The average molecular weight is 531 g/mol. The van der Waals surface area contributed by atoms with Crippen molar-refractivity contribution in [1.29, 1.82) is 0 Å². The SMILES string of the molecule is CCCCCCCCCC(=O)CC(=O)OCc1ccc(COC(=O)CC(=O)CCCCCCCCC)cc1. The Labute approximate surface area is 230 Å². The number of carbonyl (C=O) groups is 4. The third kappa shape index (κ3) is 18.7. The average Bonchev–Trinajstić information content (AvgIpc) is 2.90. The molecule has 0 unspecified atom stereocenters. The van der Waals surface area contributed by atoms with Crippen molar-refractivity contribution in [3.63, 3.8) is 0 Å². The molecule has 1 rings (SSSR count). The Bertz CT molecular complexity index is 732. The van der Waals surface area contributed by atoms with Gasteiger partial charge in [0.25, 0.3) is 0 Å². The third-order valence-corrected chi connectivity index (χ3v) is 6.62. The predicted molar refractivity (Wildman–Crippen MR) is 151 cm³/mol. The molecular formula is C32H50O6. The molecule has 0 heterocycles. The van der Waals surface area contributed by atoms with Gasteiger partial charge in [0, 0.05) is 12.8 Å². The number of hydrogen-bond donors (Lipinski definition) is 0. The van der Waals surface area contributed by atoms with E-state index in [0.29, 0.717) is 12.8 Å². The lowest BCUT2D eigenvalue weighted by Crippen LogP contribution is -2.11. The fourth-order valence-corrected chi connectivity index (χ4v) is 4.22. The van der Waals surface area contributed by atoms with Crippen LogP contribution in [0.25, 0.3) is 0 Å². The summed E-state index contributed by atoms with van der Waals surface area (Å²) in [6.45, 7) is 4.57. The summed E-state index contributed by atoms with van der Waals surface area (Å²) in [5, 5.41) is 0. The van der Waals surface area contributed by atoms with Gasteiger partial charge in [-0.15, -0.1) is 0 Å². The van der Waals surface area contributed by atoms with Crippen LogP contribution in [0.4, 0.5) is 0 Å². The molecule has 0 fully saturated rings. The Morgan fingerprint density at radius 1 is 0.500 bits per heavy atom. The summed E-state index contributed by atoms with van der Waals surface area (Å²) in [6, 6.07) is 7.18. The lowest BCUT2D eigenvalue weighted by Gasteiger charge is -2.07. The van der Waals surface area contributed by atoms with Crippen molar-refractivity contribution in [3.05, 3.63) is 35.4 Å². The van der Waals surface area contributed by atoms with Crippen molar-refractivity contribution in [3.8, 4) is 0 Å². The molecule has 0 spiro atoms. The third-order valence-electron chi connectivity index (χ3n) is 6.62. The lowest BCUT2D eigenvalue weighted by molar-refractivity contribution is -0.148. The molecule has 6 nitrogen and oxygen atoms in total. The van der Waals surface area contributed by atoms with Gasteiger partial charge in [-0.3, -0.25) is 19.2 Å². The van der Waals surface area contributed by atoms with Gasteiger partial charge in [-0.2, -0.15) is 0 Å². The van der Waals surface area contributed by atoms with Gasteiger partial charge >= 0.3 is 11.9 Å². The number of carbonyl (C=O) groups excluding carboxylic acids is 4. The number of ketones is 2. The maximum atomic E-state index is 12.0. The predicted octanol–water partition coefficient (Wildman–Crippen LogP) is 7.97. The Balaban J connectivity index is 2.15. The highest BCUT2D eigenvalue weighted by molar-refractivity contribution is 5.96. The van der Waals surface area contributed by atoms with Crippen LogP contribution >= 0.6 is 0 Å². The van der Waals surface area contributed by atoms with E-state index in [2.05, 4.69) is 13.8 Å². The van der Waals surface area contributed by atoms with Gasteiger partial charge in [-0.05, 0) is 24.0 Å². The standard InChI is InChI=1S/C32H50O6/c1-3-5-7-9-11-13-15-17-29(33)23-31(35)37-25-27-19-21-28(22-20-27)26-38-32(36)24-30(34)18-16-14-12-10-8-6-4-2/h19-22H,3-18,23-26H2,1-2H3. The molecule has 6 heteroatoms. The molecule has 1 aromatic carbocycles. The Morgan fingerprint density at radius 2 is 0.816 bits per heavy atom. The maximum Gasteiger partial charge on any atom is 0.313 e. The van der Waals surface area contributed by atoms with E-state index in [0.717, 1.165) is 49.7 Å². The summed E-state index contributed by atoms with van der Waals surface area (Å²) >= 11 is 0. The van der Waals surface area contributed by atoms with E-state index < -0.39 is 11.9 Å². The molecule has 0 aliphatic carbocycles. The second-order valence-corrected chi connectivity index (χ2v) is 10.3. The van der Waals surface area contributed by atoms with Crippen LogP contribution in [-0.2, 0) is 41.9 Å². The normalized spacial score (nSPS) is 10.8. The lowest BCUT2D eigenvalue weighted by atomic mass is 10.1. The number of Topliss-reactive ketones (excluding diaryl/α,β-unsaturated/α-hetero) is 2. The summed E-state index contributed by atoms with van der Waals surface area (Å²) in [5.74, 6) is -1.14. The fraction of sp³-hybridized carbons (Fsp3) is 0.688. The summed E-state index contributed by atoms with van der Waals surface area (Å²) in [6.07, 6.45) is 16.4. The van der Waals surface area contributed by atoms with Crippen molar-refractivity contribution in [1.82, 2.24) is 0 Å². The van der Waals surface area contributed by atoms with Crippen LogP contribution in [0.1, 0.15) is 141 Å². The first kappa shape index (κ1) is 33.5. The smallest absolute Gasteiger partial charge is 0.313 e. The van der Waals surface area contributed by atoms with Crippen molar-refractivity contribution >= 4 is 23.5 Å². The van der Waals surface area contributed by atoms with E-state index >= 15 is 0 Å². The molecule has 0 aliphatic rings. The van der Waals surface area contributed by atoms with Crippen molar-refractivity contribution in [2.45, 2.75) is 143 Å². The van der Waals surface area contributed by atoms with E-state index in [1.807, 2.05) is 0 Å². The van der Waals surface area contributed by atoms with Gasteiger partial charge in [0.15, 0.2) is 0 Å². The highest BCUT2D eigenvalue weighted by Crippen LogP contribution is 2.12. The van der Waals surface area contributed by atoms with Gasteiger partial charge < -0.3 is 9.47 Å². The minimum atomic E-state index is -0.503. The molecule has 0 aliphatic heterocycles. The molecule has 0 saturated carbocycles. The number of unbranched alkanes of at least 4 members (excludes halogenated alkanes) is 12. The van der Waals surface area contributed by atoms with Crippen LogP contribution in [0.15, 0.2) is 24.3 Å². The van der Waals surface area contributed by atoms with Crippen LogP contribution in [0.3, 0.4) is 0 Å². The monoisotopic (exact) mass is 530 g/mol. The number of benzene rings is 1. The molecule has 214 valence electrons. The van der Waals surface area contributed by atoms with Gasteiger partial charge in [0.05, 0.1) is 0 Å². The van der Waals surface area contributed by atoms with Crippen LogP contribution in [0, 0.1) is 0 Å². The summed E-state index contributed by atoms with van der Waals surface area (Å²) < 4.78 is 10.5. The summed E-state index contributed by atoms with van der Waals surface area (Å²) in [7, 11) is 0. The van der Waals surface area contributed by atoms with Gasteiger partial charge in [0.1, 0.15) is 37.6 Å². The van der Waals surface area contributed by atoms with E-state index in [4.69, 9.17) is 9.47 Å². The highest BCUT2D eigenvalue weighted by atomic mass is 16.5. The molecule has 0 atom stereocenters. The topological polar surface area (TPSA) is 86.7 Å². The van der Waals surface area contributed by atoms with Gasteiger partial charge in [-0.1, -0.05) is 115 Å². The first-order chi connectivity index (χ1) is 18.4. The molecule has 0 amide bonds. The zero-order valence-electron chi connectivity index (χ0n) is 23.9. The van der Waals surface area contributed by atoms with E-state index in [1.54, 1.807) is 24.3 Å². The van der Waals surface area contributed by atoms with Crippen LogP contribution < -0.4 is 0 Å². The summed E-state index contributed by atoms with van der Waals surface area (Å²) in [5.41, 5.74) is 1.58. The number of esters is 2. The number of rotatable bonds is 24. The minimum absolute atomic E-state index is 0.0680. The Kier molecular flexibility index (Phi) is 19.8. The van der Waals surface area contributed by atoms with Crippen LogP contribution in [-0.4, -0.2) is 23.5 Å². The molecule has 0 bridgehead atoms. The van der Waals surface area contributed by atoms with Crippen LogP contribution in [0.2, 0.25) is 0 Å². The largest absolute Gasteiger partial charge is 0.460 e. The second kappa shape index (κ2) is 22.5. The van der Waals surface area contributed by atoms with Crippen molar-refractivity contribution in [2.75, 3.05) is 0 Å². The Hall–Kier alpha value is -2.50. The van der Waals surface area contributed by atoms with Crippen molar-refractivity contribution < 1.29 is 28.7 Å². The molecule has 0 radical (unpaired) electrons. The molecular weight excluding hydrogens is 480 g/mol. The van der Waals surface area contributed by atoms with E-state index in [9.17, 15) is 19.2 Å². The van der Waals surface area contributed by atoms with E-state index in [-0.39, 0.29) is 37.6 Å². The van der Waals surface area contributed by atoms with Gasteiger partial charge in [0.2, 0.25) is 0 Å². The highest BCUT2D eigenvalue weighted by Gasteiger charge is 2.12. The van der Waals surface area contributed by atoms with Crippen LogP contribution in [0.5, 0.6) is 0 Å². The quantitative estimate of drug-likeness (QED) is 0.0765. The molecule has 1 aromatic rings. The Morgan fingerprint density at radius 3 is 1.16 bits per heavy atom.